The second-order valence-corrected chi connectivity index (χ2v) is 5.71. The van der Waals surface area contributed by atoms with Crippen molar-refractivity contribution >= 4 is 11.3 Å². The Bertz CT molecular complexity index is 513. The molecule has 1 N–H and O–H groups in total. The number of rotatable bonds is 6. The van der Waals surface area contributed by atoms with Crippen LogP contribution in [0.3, 0.4) is 0 Å². The molecule has 0 saturated carbocycles. The lowest BCUT2D eigenvalue weighted by Gasteiger charge is -2.02. The largest absolute Gasteiger partial charge is 0.378 e. The molecular weight excluding hydrogens is 256 g/mol. The molecule has 0 saturated heterocycles. The number of thiazole rings is 1. The zero-order valence-corrected chi connectivity index (χ0v) is 12.5. The number of hydrogen-bond acceptors (Lipinski definition) is 4. The molecule has 1 aromatic heterocycles. The average molecular weight is 276 g/mol. The van der Waals surface area contributed by atoms with Gasteiger partial charge >= 0.3 is 0 Å². The summed E-state index contributed by atoms with van der Waals surface area (Å²) in [6.07, 6.45) is 0.901. The average Bonchev–Trinajstić information content (AvgIpc) is 2.76. The summed E-state index contributed by atoms with van der Waals surface area (Å²) in [5.74, 6) is 0. The topological polar surface area (TPSA) is 34.2 Å². The maximum atomic E-state index is 5.22. The zero-order chi connectivity index (χ0) is 13.7. The Morgan fingerprint density at radius 3 is 2.79 bits per heavy atom. The Balaban J connectivity index is 2.21. The molecule has 0 fully saturated rings. The standard InChI is InChI=1S/C15H20N2OS/c1-11-6-4-5-7-12(11)8-15-17-13(10-18-3)14(19-15)9-16-2/h4-7,16H,8-10H2,1-3H3. The second-order valence-electron chi connectivity index (χ2n) is 4.54. The van der Waals surface area contributed by atoms with Crippen LogP contribution in [0.1, 0.15) is 26.7 Å². The van der Waals surface area contributed by atoms with Crippen LogP contribution in [-0.2, 0) is 24.3 Å². The molecule has 0 radical (unpaired) electrons. The van der Waals surface area contributed by atoms with E-state index < -0.39 is 0 Å². The third kappa shape index (κ3) is 3.62. The maximum Gasteiger partial charge on any atom is 0.0976 e. The maximum absolute atomic E-state index is 5.22. The molecule has 0 atom stereocenters. The highest BCUT2D eigenvalue weighted by atomic mass is 32.1. The summed E-state index contributed by atoms with van der Waals surface area (Å²) in [6, 6.07) is 8.47. The SMILES string of the molecule is CNCc1sc(Cc2ccccc2C)nc1COC. The van der Waals surface area contributed by atoms with Crippen molar-refractivity contribution in [1.82, 2.24) is 10.3 Å². The molecule has 2 aromatic rings. The summed E-state index contributed by atoms with van der Waals surface area (Å²) in [7, 11) is 3.67. The normalized spacial score (nSPS) is 10.9. The lowest BCUT2D eigenvalue weighted by Crippen LogP contribution is -2.06. The molecule has 2 rings (SSSR count). The van der Waals surface area contributed by atoms with Gasteiger partial charge in [-0.05, 0) is 25.1 Å². The fourth-order valence-electron chi connectivity index (χ4n) is 2.03. The van der Waals surface area contributed by atoms with Crippen molar-refractivity contribution in [1.29, 1.82) is 0 Å². The van der Waals surface area contributed by atoms with Gasteiger partial charge < -0.3 is 10.1 Å². The van der Waals surface area contributed by atoms with Gasteiger partial charge in [0.25, 0.3) is 0 Å². The van der Waals surface area contributed by atoms with E-state index in [4.69, 9.17) is 9.72 Å². The fraction of sp³-hybridized carbons (Fsp3) is 0.400. The van der Waals surface area contributed by atoms with Gasteiger partial charge in [0.15, 0.2) is 0 Å². The summed E-state index contributed by atoms with van der Waals surface area (Å²) in [6.45, 7) is 3.58. The third-order valence-corrected chi connectivity index (χ3v) is 4.14. The van der Waals surface area contributed by atoms with E-state index in [2.05, 4.69) is 36.5 Å². The van der Waals surface area contributed by atoms with Gasteiger partial charge in [0.05, 0.1) is 17.3 Å². The first kappa shape index (κ1) is 14.2. The quantitative estimate of drug-likeness (QED) is 0.881. The van der Waals surface area contributed by atoms with E-state index >= 15 is 0 Å². The van der Waals surface area contributed by atoms with Gasteiger partial charge in [-0.2, -0.15) is 0 Å². The highest BCUT2D eigenvalue weighted by Gasteiger charge is 2.11. The predicted molar refractivity (Wildman–Crippen MR) is 79.6 cm³/mol. The summed E-state index contributed by atoms with van der Waals surface area (Å²) in [5.41, 5.74) is 3.72. The van der Waals surface area contributed by atoms with E-state index in [1.165, 1.54) is 16.0 Å². The summed E-state index contributed by atoms with van der Waals surface area (Å²) >= 11 is 1.77. The van der Waals surface area contributed by atoms with Gasteiger partial charge in [-0.3, -0.25) is 0 Å². The fourth-order valence-corrected chi connectivity index (χ4v) is 3.14. The number of hydrogen-bond donors (Lipinski definition) is 1. The lowest BCUT2D eigenvalue weighted by atomic mass is 10.1. The number of benzene rings is 1. The van der Waals surface area contributed by atoms with Gasteiger partial charge in [0, 0.05) is 25.0 Å². The van der Waals surface area contributed by atoms with Crippen molar-refractivity contribution in [2.75, 3.05) is 14.2 Å². The minimum atomic E-state index is 0.585. The zero-order valence-electron chi connectivity index (χ0n) is 11.7. The van der Waals surface area contributed by atoms with E-state index in [0.29, 0.717) is 6.61 Å². The number of methoxy groups -OCH3 is 1. The monoisotopic (exact) mass is 276 g/mol. The number of ether oxygens (including phenoxy) is 1. The van der Waals surface area contributed by atoms with E-state index in [9.17, 15) is 0 Å². The highest BCUT2D eigenvalue weighted by Crippen LogP contribution is 2.23. The summed E-state index contributed by atoms with van der Waals surface area (Å²) in [4.78, 5) is 5.98. The van der Waals surface area contributed by atoms with Gasteiger partial charge in [0.1, 0.15) is 0 Å². The van der Waals surface area contributed by atoms with Crippen LogP contribution in [0, 0.1) is 6.92 Å². The van der Waals surface area contributed by atoms with E-state index in [1.54, 1.807) is 18.4 Å². The summed E-state index contributed by atoms with van der Waals surface area (Å²) < 4.78 is 5.22. The number of nitrogens with zero attached hydrogens (tertiary/aromatic N) is 1. The molecule has 102 valence electrons. The van der Waals surface area contributed by atoms with Crippen LogP contribution in [0.5, 0.6) is 0 Å². The van der Waals surface area contributed by atoms with Crippen molar-refractivity contribution in [2.24, 2.45) is 0 Å². The lowest BCUT2D eigenvalue weighted by molar-refractivity contribution is 0.181. The molecule has 3 nitrogen and oxygen atoms in total. The molecule has 0 aliphatic heterocycles. The van der Waals surface area contributed by atoms with Crippen LogP contribution in [0.15, 0.2) is 24.3 Å². The highest BCUT2D eigenvalue weighted by molar-refractivity contribution is 7.11. The molecule has 0 unspecified atom stereocenters. The first-order valence-electron chi connectivity index (χ1n) is 6.40. The van der Waals surface area contributed by atoms with Crippen LogP contribution >= 0.6 is 11.3 Å². The Kier molecular flexibility index (Phi) is 5.07. The minimum Gasteiger partial charge on any atom is -0.378 e. The number of aryl methyl sites for hydroxylation is 1. The molecule has 0 aliphatic rings. The predicted octanol–water partition coefficient (Wildman–Crippen LogP) is 2.91. The van der Waals surface area contributed by atoms with Crippen LogP contribution in [0.4, 0.5) is 0 Å². The van der Waals surface area contributed by atoms with E-state index in [0.717, 1.165) is 23.7 Å². The Labute approximate surface area is 118 Å². The Hall–Kier alpha value is -1.23. The minimum absolute atomic E-state index is 0.585. The van der Waals surface area contributed by atoms with Crippen molar-refractivity contribution < 1.29 is 4.74 Å². The van der Waals surface area contributed by atoms with Crippen LogP contribution in [0.2, 0.25) is 0 Å². The van der Waals surface area contributed by atoms with Crippen LogP contribution in [-0.4, -0.2) is 19.1 Å². The first-order valence-corrected chi connectivity index (χ1v) is 7.21. The summed E-state index contributed by atoms with van der Waals surface area (Å²) in [5, 5.41) is 4.35. The van der Waals surface area contributed by atoms with Crippen molar-refractivity contribution in [2.45, 2.75) is 26.5 Å². The van der Waals surface area contributed by atoms with Gasteiger partial charge in [-0.15, -0.1) is 11.3 Å². The Morgan fingerprint density at radius 2 is 2.11 bits per heavy atom. The smallest absolute Gasteiger partial charge is 0.0976 e. The molecule has 4 heteroatoms. The number of nitrogens with one attached hydrogen (secondary N) is 1. The van der Waals surface area contributed by atoms with Gasteiger partial charge in [0.2, 0.25) is 0 Å². The number of aromatic nitrogens is 1. The third-order valence-electron chi connectivity index (χ3n) is 3.04. The van der Waals surface area contributed by atoms with Gasteiger partial charge in [-0.1, -0.05) is 24.3 Å². The molecule has 0 spiro atoms. The molecule has 19 heavy (non-hydrogen) atoms. The molecular formula is C15H20N2OS. The van der Waals surface area contributed by atoms with Crippen molar-refractivity contribution in [3.05, 3.63) is 51.0 Å². The van der Waals surface area contributed by atoms with Gasteiger partial charge in [-0.25, -0.2) is 4.98 Å². The first-order chi connectivity index (χ1) is 9.24. The van der Waals surface area contributed by atoms with Crippen LogP contribution < -0.4 is 5.32 Å². The molecule has 1 heterocycles. The Morgan fingerprint density at radius 1 is 1.32 bits per heavy atom. The molecule has 0 amide bonds. The van der Waals surface area contributed by atoms with Crippen molar-refractivity contribution in [3.63, 3.8) is 0 Å². The van der Waals surface area contributed by atoms with E-state index in [1.807, 2.05) is 7.05 Å². The molecule has 0 bridgehead atoms. The van der Waals surface area contributed by atoms with E-state index in [-0.39, 0.29) is 0 Å². The molecule has 1 aromatic carbocycles. The molecule has 0 aliphatic carbocycles. The second kappa shape index (κ2) is 6.80. The van der Waals surface area contributed by atoms with Crippen LogP contribution in [0.25, 0.3) is 0 Å². The van der Waals surface area contributed by atoms with Crippen molar-refractivity contribution in [3.8, 4) is 0 Å².